The van der Waals surface area contributed by atoms with E-state index in [1.165, 1.54) is 4.90 Å². The second-order valence-electron chi connectivity index (χ2n) is 7.49. The number of nitrogens with zero attached hydrogens (tertiary/aromatic N) is 1. The fourth-order valence-electron chi connectivity index (χ4n) is 3.14. The first-order chi connectivity index (χ1) is 12.0. The summed E-state index contributed by atoms with van der Waals surface area (Å²) in [4.78, 5) is 38.4. The molecule has 0 radical (unpaired) electrons. The maximum absolute atomic E-state index is 12.9. The van der Waals surface area contributed by atoms with Crippen molar-refractivity contribution < 1.29 is 19.1 Å². The molecule has 0 aliphatic carbocycles. The van der Waals surface area contributed by atoms with Gasteiger partial charge in [-0.2, -0.15) is 0 Å². The number of fused-ring (bicyclic) bond motifs is 1. The molecular formula is C20H26N2O4. The van der Waals surface area contributed by atoms with Gasteiger partial charge >= 0.3 is 5.97 Å². The predicted molar refractivity (Wildman–Crippen MR) is 99.2 cm³/mol. The van der Waals surface area contributed by atoms with Gasteiger partial charge in [0.1, 0.15) is 11.6 Å². The van der Waals surface area contributed by atoms with Gasteiger partial charge in [0.15, 0.2) is 0 Å². The van der Waals surface area contributed by atoms with Gasteiger partial charge in [-0.05, 0) is 57.4 Å². The number of hydrogen-bond acceptors (Lipinski definition) is 4. The van der Waals surface area contributed by atoms with Gasteiger partial charge in [0.25, 0.3) is 5.91 Å². The number of rotatable bonds is 6. The van der Waals surface area contributed by atoms with Crippen LogP contribution in [0.5, 0.6) is 0 Å². The minimum absolute atomic E-state index is 0.00530. The summed E-state index contributed by atoms with van der Waals surface area (Å²) in [6, 6.07) is 4.26. The quantitative estimate of drug-likeness (QED) is 0.792. The molecule has 140 valence electrons. The van der Waals surface area contributed by atoms with Gasteiger partial charge in [0.05, 0.1) is 6.04 Å². The molecule has 1 aromatic rings. The van der Waals surface area contributed by atoms with Crippen molar-refractivity contribution in [2.75, 3.05) is 0 Å². The van der Waals surface area contributed by atoms with E-state index in [4.69, 9.17) is 10.5 Å². The third-order valence-corrected chi connectivity index (χ3v) is 4.32. The van der Waals surface area contributed by atoms with Crippen molar-refractivity contribution in [3.05, 3.63) is 41.5 Å². The standard InChI is InChI=1S/C20H26N2O4/c1-6-13-7-8-14-15(11-13)12(2)22(18(14)24)16(9-10-17(21)23)19(25)26-20(3,4)5/h6-8,11-12,16H,1,9-10H2,2-5H3,(H2,21,23)/t12-,16+/m1/s1. The summed E-state index contributed by atoms with van der Waals surface area (Å²) in [7, 11) is 0. The Bertz CT molecular complexity index is 749. The monoisotopic (exact) mass is 358 g/mol. The van der Waals surface area contributed by atoms with Crippen molar-refractivity contribution in [1.29, 1.82) is 0 Å². The molecule has 0 unspecified atom stereocenters. The van der Waals surface area contributed by atoms with Crippen molar-refractivity contribution in [3.63, 3.8) is 0 Å². The van der Waals surface area contributed by atoms with Crippen molar-refractivity contribution in [2.24, 2.45) is 5.73 Å². The minimum atomic E-state index is -0.871. The van der Waals surface area contributed by atoms with Gasteiger partial charge in [-0.15, -0.1) is 0 Å². The van der Waals surface area contributed by atoms with Gasteiger partial charge in [-0.3, -0.25) is 9.59 Å². The Morgan fingerprint density at radius 3 is 2.58 bits per heavy atom. The Labute approximate surface area is 154 Å². The third kappa shape index (κ3) is 4.12. The smallest absolute Gasteiger partial charge is 0.329 e. The average Bonchev–Trinajstić information content (AvgIpc) is 2.77. The van der Waals surface area contributed by atoms with Crippen LogP contribution in [0.4, 0.5) is 0 Å². The van der Waals surface area contributed by atoms with Gasteiger partial charge in [0.2, 0.25) is 5.91 Å². The lowest BCUT2D eigenvalue weighted by molar-refractivity contribution is -0.161. The van der Waals surface area contributed by atoms with Crippen LogP contribution in [0.2, 0.25) is 0 Å². The van der Waals surface area contributed by atoms with Crippen LogP contribution < -0.4 is 5.73 Å². The van der Waals surface area contributed by atoms with Crippen LogP contribution in [0.1, 0.15) is 68.1 Å². The van der Waals surface area contributed by atoms with Crippen molar-refractivity contribution in [3.8, 4) is 0 Å². The first kappa shape index (κ1) is 19.7. The fourth-order valence-corrected chi connectivity index (χ4v) is 3.14. The number of amides is 2. The number of esters is 1. The van der Waals surface area contributed by atoms with Crippen LogP contribution in [0.25, 0.3) is 6.08 Å². The van der Waals surface area contributed by atoms with E-state index in [9.17, 15) is 14.4 Å². The number of benzene rings is 1. The molecule has 2 N–H and O–H groups in total. The number of primary amides is 1. The molecule has 1 aliphatic heterocycles. The Hall–Kier alpha value is -2.63. The van der Waals surface area contributed by atoms with Crippen molar-refractivity contribution in [2.45, 2.75) is 58.2 Å². The number of ether oxygens (including phenoxy) is 1. The van der Waals surface area contributed by atoms with Gasteiger partial charge in [-0.1, -0.05) is 18.7 Å². The van der Waals surface area contributed by atoms with Crippen LogP contribution >= 0.6 is 0 Å². The molecule has 2 amide bonds. The molecule has 1 aliphatic rings. The molecule has 6 nitrogen and oxygen atoms in total. The lowest BCUT2D eigenvalue weighted by atomic mass is 10.0. The number of nitrogens with two attached hydrogens (primary N) is 1. The summed E-state index contributed by atoms with van der Waals surface area (Å²) < 4.78 is 5.48. The highest BCUT2D eigenvalue weighted by Crippen LogP contribution is 2.37. The molecule has 0 fully saturated rings. The SMILES string of the molecule is C=Cc1ccc2c(c1)[C@@H](C)N([C@@H](CCC(N)=O)C(=O)OC(C)(C)C)C2=O. The maximum atomic E-state index is 12.9. The highest BCUT2D eigenvalue weighted by molar-refractivity contribution is 6.01. The molecule has 2 atom stereocenters. The Morgan fingerprint density at radius 2 is 2.04 bits per heavy atom. The average molecular weight is 358 g/mol. The van der Waals surface area contributed by atoms with Crippen LogP contribution in [-0.2, 0) is 14.3 Å². The van der Waals surface area contributed by atoms with Crippen molar-refractivity contribution in [1.82, 2.24) is 4.90 Å². The van der Waals surface area contributed by atoms with E-state index in [2.05, 4.69) is 6.58 Å². The summed E-state index contributed by atoms with van der Waals surface area (Å²) in [5.41, 5.74) is 6.84. The summed E-state index contributed by atoms with van der Waals surface area (Å²) in [5.74, 6) is -1.30. The molecule has 0 saturated carbocycles. The number of hydrogen-bond donors (Lipinski definition) is 1. The first-order valence-electron chi connectivity index (χ1n) is 8.65. The molecule has 0 aromatic heterocycles. The molecule has 0 saturated heterocycles. The zero-order chi connectivity index (χ0) is 19.6. The van der Waals surface area contributed by atoms with E-state index < -0.39 is 23.5 Å². The van der Waals surface area contributed by atoms with E-state index in [1.54, 1.807) is 32.9 Å². The summed E-state index contributed by atoms with van der Waals surface area (Å²) >= 11 is 0. The third-order valence-electron chi connectivity index (χ3n) is 4.32. The summed E-state index contributed by atoms with van der Waals surface area (Å²) in [6.45, 7) is 10.9. The molecular weight excluding hydrogens is 332 g/mol. The molecule has 0 bridgehead atoms. The molecule has 6 heteroatoms. The molecule has 1 aromatic carbocycles. The van der Waals surface area contributed by atoms with E-state index in [0.717, 1.165) is 11.1 Å². The predicted octanol–water partition coefficient (Wildman–Crippen LogP) is 2.82. The van der Waals surface area contributed by atoms with Crippen LogP contribution in [-0.4, -0.2) is 34.3 Å². The maximum Gasteiger partial charge on any atom is 0.329 e. The summed E-state index contributed by atoms with van der Waals surface area (Å²) in [5, 5.41) is 0. The number of carbonyl (C=O) groups excluding carboxylic acids is 3. The van der Waals surface area contributed by atoms with Crippen LogP contribution in [0.15, 0.2) is 24.8 Å². The zero-order valence-electron chi connectivity index (χ0n) is 15.7. The van der Waals surface area contributed by atoms with Gasteiger partial charge in [0, 0.05) is 12.0 Å². The minimum Gasteiger partial charge on any atom is -0.458 e. The molecule has 1 heterocycles. The normalized spacial score (nSPS) is 17.6. The lowest BCUT2D eigenvalue weighted by Crippen LogP contribution is -2.46. The largest absolute Gasteiger partial charge is 0.458 e. The number of carbonyl (C=O) groups is 3. The Kier molecular flexibility index (Phi) is 5.54. The van der Waals surface area contributed by atoms with Crippen molar-refractivity contribution >= 4 is 23.9 Å². The molecule has 0 spiro atoms. The van der Waals surface area contributed by atoms with Gasteiger partial charge in [-0.25, -0.2) is 4.79 Å². The second kappa shape index (κ2) is 7.32. The first-order valence-corrected chi connectivity index (χ1v) is 8.65. The second-order valence-corrected chi connectivity index (χ2v) is 7.49. The highest BCUT2D eigenvalue weighted by Gasteiger charge is 2.42. The fraction of sp³-hybridized carbons (Fsp3) is 0.450. The lowest BCUT2D eigenvalue weighted by Gasteiger charge is -2.32. The van der Waals surface area contributed by atoms with E-state index >= 15 is 0 Å². The van der Waals surface area contributed by atoms with E-state index in [0.29, 0.717) is 5.56 Å². The molecule has 2 rings (SSSR count). The topological polar surface area (TPSA) is 89.7 Å². The Balaban J connectivity index is 2.37. The molecule has 26 heavy (non-hydrogen) atoms. The van der Waals surface area contributed by atoms with Crippen LogP contribution in [0, 0.1) is 0 Å². The zero-order valence-corrected chi connectivity index (χ0v) is 15.7. The van der Waals surface area contributed by atoms with Crippen LogP contribution in [0.3, 0.4) is 0 Å². The summed E-state index contributed by atoms with van der Waals surface area (Å²) in [6.07, 6.45) is 1.83. The van der Waals surface area contributed by atoms with Gasteiger partial charge < -0.3 is 15.4 Å². The van der Waals surface area contributed by atoms with E-state index in [-0.39, 0.29) is 24.8 Å². The Morgan fingerprint density at radius 1 is 1.38 bits per heavy atom. The highest BCUT2D eigenvalue weighted by atomic mass is 16.6. The van der Waals surface area contributed by atoms with E-state index in [1.807, 2.05) is 19.1 Å².